The fourth-order valence-electron chi connectivity index (χ4n) is 1.67. The van der Waals surface area contributed by atoms with Crippen LogP contribution in [-0.4, -0.2) is 30.4 Å². The van der Waals surface area contributed by atoms with E-state index in [2.05, 4.69) is 20.4 Å². The average molecular weight is 240 g/mol. The summed E-state index contributed by atoms with van der Waals surface area (Å²) in [7, 11) is 0. The van der Waals surface area contributed by atoms with Crippen molar-refractivity contribution in [1.29, 1.82) is 0 Å². The van der Waals surface area contributed by atoms with E-state index in [9.17, 15) is 4.79 Å². The molecule has 0 aromatic heterocycles. The molecule has 0 fully saturated rings. The fraction of sp³-hybridized carbons (Fsp3) is 0.786. The molecule has 0 aliphatic carbocycles. The zero-order valence-electron chi connectivity index (χ0n) is 11.5. The van der Waals surface area contributed by atoms with E-state index in [0.717, 1.165) is 57.2 Å². The van der Waals surface area contributed by atoms with Gasteiger partial charge in [0.15, 0.2) is 0 Å². The smallest absolute Gasteiger partial charge is 0.249 e. The molecule has 0 saturated carbocycles. The number of hydrogen-bond acceptors (Lipinski definition) is 2. The minimum Gasteiger partial charge on any atom is -0.339 e. The first-order valence-electron chi connectivity index (χ1n) is 6.84. The van der Waals surface area contributed by atoms with Gasteiger partial charge < -0.3 is 10.6 Å². The third kappa shape index (κ3) is 7.16. The van der Waals surface area contributed by atoms with E-state index < -0.39 is 0 Å². The largest absolute Gasteiger partial charge is 0.339 e. The molecule has 0 spiro atoms. The number of carbonyl (C=O) groups excluding carboxylic acids is 1. The summed E-state index contributed by atoms with van der Waals surface area (Å²) in [5.74, 6) is 0.125. The zero-order chi connectivity index (χ0) is 13.1. The number of carbonyl (C=O) groups is 1. The summed E-state index contributed by atoms with van der Waals surface area (Å²) >= 11 is 0. The van der Waals surface area contributed by atoms with Crippen LogP contribution in [0.2, 0.25) is 0 Å². The molecule has 0 unspecified atom stereocenters. The van der Waals surface area contributed by atoms with Crippen molar-refractivity contribution in [3.8, 4) is 0 Å². The summed E-state index contributed by atoms with van der Waals surface area (Å²) in [4.78, 5) is 14.1. The maximum absolute atomic E-state index is 12.1. The highest BCUT2D eigenvalue weighted by Gasteiger charge is 2.15. The number of rotatable bonds is 10. The van der Waals surface area contributed by atoms with Crippen molar-refractivity contribution < 1.29 is 4.79 Å². The van der Waals surface area contributed by atoms with Crippen molar-refractivity contribution in [3.05, 3.63) is 12.2 Å². The van der Waals surface area contributed by atoms with Gasteiger partial charge in [0.1, 0.15) is 0 Å². The van der Waals surface area contributed by atoms with Gasteiger partial charge in [-0.25, -0.2) is 0 Å². The Balaban J connectivity index is 4.23. The van der Waals surface area contributed by atoms with Crippen LogP contribution < -0.4 is 5.73 Å². The second-order valence-corrected chi connectivity index (χ2v) is 4.50. The summed E-state index contributed by atoms with van der Waals surface area (Å²) in [6.45, 7) is 10.4. The molecule has 3 nitrogen and oxygen atoms in total. The standard InChI is InChI=1S/C14H28N2O/c1-4-6-9-13(3)14(17)16(11-7-5-2)12-8-10-15/h3-12,15H2,1-2H3. The van der Waals surface area contributed by atoms with E-state index in [0.29, 0.717) is 6.54 Å². The van der Waals surface area contributed by atoms with Gasteiger partial charge in [-0.2, -0.15) is 0 Å². The first kappa shape index (κ1) is 16.2. The van der Waals surface area contributed by atoms with Gasteiger partial charge in [-0.15, -0.1) is 0 Å². The molecule has 0 aliphatic heterocycles. The van der Waals surface area contributed by atoms with Crippen LogP contribution in [0.15, 0.2) is 12.2 Å². The highest BCUT2D eigenvalue weighted by atomic mass is 16.2. The summed E-state index contributed by atoms with van der Waals surface area (Å²) in [6.07, 6.45) is 6.00. The van der Waals surface area contributed by atoms with Crippen LogP contribution in [-0.2, 0) is 4.79 Å². The first-order chi connectivity index (χ1) is 8.17. The molecular weight excluding hydrogens is 212 g/mol. The number of hydrogen-bond donors (Lipinski definition) is 1. The predicted octanol–water partition coefficient (Wildman–Crippen LogP) is 2.71. The molecule has 0 atom stereocenters. The average Bonchev–Trinajstić information content (AvgIpc) is 2.35. The number of nitrogens with zero attached hydrogens (tertiary/aromatic N) is 1. The van der Waals surface area contributed by atoms with E-state index in [4.69, 9.17) is 5.73 Å². The van der Waals surface area contributed by atoms with E-state index in [1.807, 2.05) is 4.90 Å². The Bertz CT molecular complexity index is 218. The van der Waals surface area contributed by atoms with Crippen molar-refractivity contribution in [2.75, 3.05) is 19.6 Å². The SMILES string of the molecule is C=C(CCCC)C(=O)N(CCCC)CCCN. The molecule has 3 heteroatoms. The van der Waals surface area contributed by atoms with Crippen molar-refractivity contribution in [1.82, 2.24) is 4.90 Å². The highest BCUT2D eigenvalue weighted by Crippen LogP contribution is 2.10. The quantitative estimate of drug-likeness (QED) is 0.597. The van der Waals surface area contributed by atoms with Crippen LogP contribution in [0.3, 0.4) is 0 Å². The Kier molecular flexibility index (Phi) is 9.83. The van der Waals surface area contributed by atoms with Gasteiger partial charge in [-0.1, -0.05) is 33.3 Å². The third-order valence-corrected chi connectivity index (χ3v) is 2.84. The van der Waals surface area contributed by atoms with Gasteiger partial charge in [0, 0.05) is 18.7 Å². The Morgan fingerprint density at radius 1 is 1.12 bits per heavy atom. The molecule has 0 saturated heterocycles. The second-order valence-electron chi connectivity index (χ2n) is 4.50. The third-order valence-electron chi connectivity index (χ3n) is 2.84. The van der Waals surface area contributed by atoms with Gasteiger partial charge in [0.25, 0.3) is 0 Å². The van der Waals surface area contributed by atoms with E-state index in [-0.39, 0.29) is 5.91 Å². The topological polar surface area (TPSA) is 46.3 Å². The number of unbranched alkanes of at least 4 members (excludes halogenated alkanes) is 2. The maximum atomic E-state index is 12.1. The maximum Gasteiger partial charge on any atom is 0.249 e. The van der Waals surface area contributed by atoms with Gasteiger partial charge in [0.05, 0.1) is 0 Å². The van der Waals surface area contributed by atoms with Crippen LogP contribution in [0.5, 0.6) is 0 Å². The summed E-state index contributed by atoms with van der Waals surface area (Å²) in [5.41, 5.74) is 6.25. The van der Waals surface area contributed by atoms with Crippen molar-refractivity contribution in [3.63, 3.8) is 0 Å². The second kappa shape index (κ2) is 10.3. The van der Waals surface area contributed by atoms with Gasteiger partial charge in [0.2, 0.25) is 5.91 Å². The lowest BCUT2D eigenvalue weighted by Crippen LogP contribution is -2.34. The van der Waals surface area contributed by atoms with Crippen molar-refractivity contribution in [2.45, 2.75) is 52.4 Å². The molecule has 0 heterocycles. The van der Waals surface area contributed by atoms with Crippen molar-refractivity contribution >= 4 is 5.91 Å². The Hall–Kier alpha value is -0.830. The molecule has 100 valence electrons. The Morgan fingerprint density at radius 3 is 2.24 bits per heavy atom. The molecule has 2 N–H and O–H groups in total. The molecule has 0 aliphatic rings. The summed E-state index contributed by atoms with van der Waals surface area (Å²) < 4.78 is 0. The minimum atomic E-state index is 0.125. The number of nitrogens with two attached hydrogens (primary N) is 1. The molecule has 0 bridgehead atoms. The molecule has 0 radical (unpaired) electrons. The molecular formula is C14H28N2O. The number of amides is 1. The highest BCUT2D eigenvalue weighted by molar-refractivity contribution is 5.92. The van der Waals surface area contributed by atoms with Crippen LogP contribution in [0.4, 0.5) is 0 Å². The lowest BCUT2D eigenvalue weighted by atomic mass is 10.1. The molecule has 17 heavy (non-hydrogen) atoms. The fourth-order valence-corrected chi connectivity index (χ4v) is 1.67. The lowest BCUT2D eigenvalue weighted by molar-refractivity contribution is -0.127. The monoisotopic (exact) mass is 240 g/mol. The van der Waals surface area contributed by atoms with E-state index in [1.54, 1.807) is 0 Å². The summed E-state index contributed by atoms with van der Waals surface area (Å²) in [5, 5.41) is 0. The molecule has 1 amide bonds. The first-order valence-corrected chi connectivity index (χ1v) is 6.84. The van der Waals surface area contributed by atoms with E-state index >= 15 is 0 Å². The lowest BCUT2D eigenvalue weighted by Gasteiger charge is -2.23. The zero-order valence-corrected chi connectivity index (χ0v) is 11.5. The van der Waals surface area contributed by atoms with Crippen LogP contribution in [0, 0.1) is 0 Å². The minimum absolute atomic E-state index is 0.125. The molecule has 0 aromatic carbocycles. The van der Waals surface area contributed by atoms with Crippen LogP contribution >= 0.6 is 0 Å². The van der Waals surface area contributed by atoms with E-state index in [1.165, 1.54) is 0 Å². The van der Waals surface area contributed by atoms with Crippen LogP contribution in [0.1, 0.15) is 52.4 Å². The Labute approximate surface area is 106 Å². The van der Waals surface area contributed by atoms with Crippen LogP contribution in [0.25, 0.3) is 0 Å². The normalized spacial score (nSPS) is 10.3. The predicted molar refractivity (Wildman–Crippen MR) is 73.8 cm³/mol. The Morgan fingerprint density at radius 2 is 1.71 bits per heavy atom. The van der Waals surface area contributed by atoms with Gasteiger partial charge in [-0.05, 0) is 32.2 Å². The molecule has 0 rings (SSSR count). The van der Waals surface area contributed by atoms with Crippen molar-refractivity contribution in [2.24, 2.45) is 5.73 Å². The summed E-state index contributed by atoms with van der Waals surface area (Å²) in [6, 6.07) is 0. The van der Waals surface area contributed by atoms with Gasteiger partial charge in [-0.3, -0.25) is 4.79 Å². The molecule has 0 aromatic rings. The van der Waals surface area contributed by atoms with Gasteiger partial charge >= 0.3 is 0 Å².